The lowest BCUT2D eigenvalue weighted by atomic mass is 10.0. The normalized spacial score (nSPS) is 11.7. The number of amides is 2. The van der Waals surface area contributed by atoms with Gasteiger partial charge in [-0.2, -0.15) is 8.42 Å². The average Bonchev–Trinajstić information content (AvgIpc) is 2.68. The van der Waals surface area contributed by atoms with E-state index in [2.05, 4.69) is 5.32 Å². The van der Waals surface area contributed by atoms with Crippen molar-refractivity contribution in [2.45, 2.75) is 23.1 Å². The Balaban J connectivity index is 1.86. The summed E-state index contributed by atoms with van der Waals surface area (Å²) in [6.45, 7) is 1.79. The first kappa shape index (κ1) is 22.5. The molecule has 0 unspecified atom stereocenters. The van der Waals surface area contributed by atoms with Crippen molar-refractivity contribution < 1.29 is 26.2 Å². The molecule has 0 fully saturated rings. The highest BCUT2D eigenvalue weighted by molar-refractivity contribution is 7.90. The van der Waals surface area contributed by atoms with Crippen molar-refractivity contribution in [3.8, 4) is 0 Å². The van der Waals surface area contributed by atoms with E-state index >= 15 is 0 Å². The number of sulfonamides is 1. The lowest BCUT2D eigenvalue weighted by molar-refractivity contribution is 0.256. The van der Waals surface area contributed by atoms with Crippen molar-refractivity contribution in [1.82, 2.24) is 4.72 Å². The zero-order valence-electron chi connectivity index (χ0n) is 16.4. The molecule has 3 rings (SSSR count). The zero-order valence-corrected chi connectivity index (χ0v) is 18.1. The zero-order chi connectivity index (χ0) is 22.6. The summed E-state index contributed by atoms with van der Waals surface area (Å²) in [5.74, 6) is 0. The molecule has 162 valence electrons. The maximum Gasteiger partial charge on any atom is 0.333 e. The van der Waals surface area contributed by atoms with Crippen molar-refractivity contribution in [3.05, 3.63) is 89.5 Å². The Kier molecular flexibility index (Phi) is 6.44. The Morgan fingerprint density at radius 3 is 2.13 bits per heavy atom. The highest BCUT2D eigenvalue weighted by Gasteiger charge is 2.21. The van der Waals surface area contributed by atoms with Gasteiger partial charge in [0.2, 0.25) is 0 Å². The number of carbonyl (C=O) groups excluding carboxylic acids is 1. The smallest absolute Gasteiger partial charge is 0.306 e. The van der Waals surface area contributed by atoms with Gasteiger partial charge in [0.05, 0.1) is 10.6 Å². The molecule has 3 aromatic carbocycles. The molecule has 10 heteroatoms. The second kappa shape index (κ2) is 8.88. The summed E-state index contributed by atoms with van der Waals surface area (Å²) in [5, 5.41) is 2.21. The molecule has 0 heterocycles. The number of anilines is 1. The number of rotatable bonds is 6. The van der Waals surface area contributed by atoms with Crippen LogP contribution in [0.3, 0.4) is 0 Å². The predicted octanol–water partition coefficient (Wildman–Crippen LogP) is 3.34. The molecule has 0 aliphatic rings. The summed E-state index contributed by atoms with van der Waals surface area (Å²) in [7, 11) is -8.84. The molecule has 0 saturated carbocycles. The van der Waals surface area contributed by atoms with E-state index in [0.717, 1.165) is 17.2 Å². The Labute approximate surface area is 180 Å². The molecule has 0 aromatic heterocycles. The highest BCUT2D eigenvalue weighted by Crippen LogP contribution is 2.24. The van der Waals surface area contributed by atoms with Gasteiger partial charge in [0.15, 0.2) is 0 Å². The molecule has 0 aliphatic heterocycles. The second-order valence-corrected chi connectivity index (χ2v) is 9.91. The Morgan fingerprint density at radius 2 is 1.52 bits per heavy atom. The van der Waals surface area contributed by atoms with Gasteiger partial charge in [-0.3, -0.25) is 4.55 Å². The fourth-order valence-corrected chi connectivity index (χ4v) is 4.42. The predicted molar refractivity (Wildman–Crippen MR) is 116 cm³/mol. The third-order valence-corrected chi connectivity index (χ3v) is 6.64. The maximum atomic E-state index is 12.4. The van der Waals surface area contributed by atoms with Crippen LogP contribution >= 0.6 is 0 Å². The summed E-state index contributed by atoms with van der Waals surface area (Å²) in [6, 6.07) is 18.0. The maximum absolute atomic E-state index is 12.4. The molecular formula is C21H20N2O6S2. The van der Waals surface area contributed by atoms with Gasteiger partial charge in [-0.1, -0.05) is 54.1 Å². The van der Waals surface area contributed by atoms with Crippen LogP contribution in [-0.2, 0) is 26.6 Å². The van der Waals surface area contributed by atoms with Crippen molar-refractivity contribution in [1.29, 1.82) is 0 Å². The number of hydrogen-bond acceptors (Lipinski definition) is 5. The minimum atomic E-state index is -4.66. The van der Waals surface area contributed by atoms with E-state index in [-0.39, 0.29) is 10.6 Å². The standard InChI is InChI=1S/C21H20N2O6S2/c1-15-7-10-18(11-8-15)30(25,26)23-21(24)22-19-14-17(9-12-20(19)31(27,28)29)13-16-5-3-2-4-6-16/h2-12,14H,13H2,1H3,(H2,22,23,24)(H,27,28,29). The van der Waals surface area contributed by atoms with Crippen LogP contribution in [0.4, 0.5) is 10.5 Å². The summed E-state index contributed by atoms with van der Waals surface area (Å²) in [5.41, 5.74) is 2.19. The summed E-state index contributed by atoms with van der Waals surface area (Å²) in [6.07, 6.45) is 0.435. The van der Waals surface area contributed by atoms with Crippen LogP contribution in [0.5, 0.6) is 0 Å². The molecule has 2 amide bonds. The third-order valence-electron chi connectivity index (χ3n) is 4.38. The van der Waals surface area contributed by atoms with Crippen LogP contribution in [-0.4, -0.2) is 27.4 Å². The molecule has 0 bridgehead atoms. The molecule has 3 aromatic rings. The number of carbonyl (C=O) groups is 1. The van der Waals surface area contributed by atoms with E-state index in [1.807, 2.05) is 35.1 Å². The van der Waals surface area contributed by atoms with Gasteiger partial charge in [-0.05, 0) is 48.7 Å². The fourth-order valence-electron chi connectivity index (χ4n) is 2.89. The van der Waals surface area contributed by atoms with Gasteiger partial charge in [-0.15, -0.1) is 0 Å². The first-order valence-corrected chi connectivity index (χ1v) is 12.0. The van der Waals surface area contributed by atoms with E-state index in [1.165, 1.54) is 24.3 Å². The van der Waals surface area contributed by atoms with Gasteiger partial charge < -0.3 is 5.32 Å². The molecule has 3 N–H and O–H groups in total. The number of aryl methyl sites for hydroxylation is 1. The third kappa shape index (κ3) is 5.91. The van der Waals surface area contributed by atoms with E-state index in [4.69, 9.17) is 0 Å². The van der Waals surface area contributed by atoms with Crippen molar-refractivity contribution in [3.63, 3.8) is 0 Å². The minimum absolute atomic E-state index is 0.124. The van der Waals surface area contributed by atoms with Crippen LogP contribution in [0.15, 0.2) is 82.6 Å². The van der Waals surface area contributed by atoms with E-state index in [0.29, 0.717) is 12.0 Å². The number of urea groups is 1. The average molecular weight is 461 g/mol. The van der Waals surface area contributed by atoms with E-state index in [9.17, 15) is 26.2 Å². The summed E-state index contributed by atoms with van der Waals surface area (Å²) >= 11 is 0. The SMILES string of the molecule is Cc1ccc(S(=O)(=O)NC(=O)Nc2cc(Cc3ccccc3)ccc2S(=O)(=O)O)cc1. The first-order valence-electron chi connectivity index (χ1n) is 9.09. The lowest BCUT2D eigenvalue weighted by Crippen LogP contribution is -2.34. The molecule has 0 aliphatic carbocycles. The summed E-state index contributed by atoms with van der Waals surface area (Å²) in [4.78, 5) is 11.7. The molecule has 0 saturated heterocycles. The van der Waals surface area contributed by atoms with E-state index in [1.54, 1.807) is 19.1 Å². The van der Waals surface area contributed by atoms with Crippen LogP contribution < -0.4 is 10.0 Å². The van der Waals surface area contributed by atoms with Crippen molar-refractivity contribution >= 4 is 31.9 Å². The minimum Gasteiger partial charge on any atom is -0.306 e. The van der Waals surface area contributed by atoms with Crippen molar-refractivity contribution in [2.24, 2.45) is 0 Å². The second-order valence-electron chi connectivity index (χ2n) is 6.84. The van der Waals surface area contributed by atoms with Crippen LogP contribution in [0.1, 0.15) is 16.7 Å². The molecule has 8 nitrogen and oxygen atoms in total. The Hall–Kier alpha value is -3.21. The van der Waals surface area contributed by atoms with Gasteiger partial charge in [0.1, 0.15) is 4.90 Å². The van der Waals surface area contributed by atoms with Gasteiger partial charge >= 0.3 is 6.03 Å². The Morgan fingerprint density at radius 1 is 0.871 bits per heavy atom. The number of hydrogen-bond donors (Lipinski definition) is 3. The van der Waals surface area contributed by atoms with Gasteiger partial charge in [-0.25, -0.2) is 17.9 Å². The van der Waals surface area contributed by atoms with Crippen LogP contribution in [0, 0.1) is 6.92 Å². The largest absolute Gasteiger partial charge is 0.333 e. The molecule has 0 spiro atoms. The summed E-state index contributed by atoms with van der Waals surface area (Å²) < 4.78 is 59.5. The van der Waals surface area contributed by atoms with Gasteiger partial charge in [0.25, 0.3) is 20.1 Å². The van der Waals surface area contributed by atoms with Crippen LogP contribution in [0.25, 0.3) is 0 Å². The first-order chi connectivity index (χ1) is 14.5. The quantitative estimate of drug-likeness (QED) is 0.484. The van der Waals surface area contributed by atoms with Gasteiger partial charge in [0, 0.05) is 0 Å². The molecule has 0 radical (unpaired) electrons. The fraction of sp³-hybridized carbons (Fsp3) is 0.0952. The molecule has 0 atom stereocenters. The van der Waals surface area contributed by atoms with E-state index < -0.39 is 31.1 Å². The Bertz CT molecular complexity index is 1300. The number of benzene rings is 3. The topological polar surface area (TPSA) is 130 Å². The highest BCUT2D eigenvalue weighted by atomic mass is 32.2. The molecule has 31 heavy (non-hydrogen) atoms. The number of nitrogens with one attached hydrogen (secondary N) is 2. The van der Waals surface area contributed by atoms with Crippen molar-refractivity contribution in [2.75, 3.05) is 5.32 Å². The lowest BCUT2D eigenvalue weighted by Gasteiger charge is -2.13. The van der Waals surface area contributed by atoms with Crippen LogP contribution in [0.2, 0.25) is 0 Å². The molecular weight excluding hydrogens is 440 g/mol. The monoisotopic (exact) mass is 460 g/mol.